The summed E-state index contributed by atoms with van der Waals surface area (Å²) in [5.41, 5.74) is 7.22. The fourth-order valence-electron chi connectivity index (χ4n) is 3.13. The highest BCUT2D eigenvalue weighted by molar-refractivity contribution is 6.35. The third-order valence-electron chi connectivity index (χ3n) is 4.50. The molecule has 0 radical (unpaired) electrons. The highest BCUT2D eigenvalue weighted by Crippen LogP contribution is 2.33. The predicted molar refractivity (Wildman–Crippen MR) is 83.8 cm³/mol. The van der Waals surface area contributed by atoms with E-state index in [0.29, 0.717) is 28.4 Å². The zero-order valence-corrected chi connectivity index (χ0v) is 12.9. The van der Waals surface area contributed by atoms with Crippen LogP contribution in [0.15, 0.2) is 18.2 Å². The van der Waals surface area contributed by atoms with Gasteiger partial charge in [0.15, 0.2) is 5.82 Å². The van der Waals surface area contributed by atoms with E-state index in [0.717, 1.165) is 12.1 Å². The number of nitrogens with zero attached hydrogens (tertiary/aromatic N) is 4. The summed E-state index contributed by atoms with van der Waals surface area (Å²) in [6.07, 6.45) is 5.17. The fourth-order valence-corrected chi connectivity index (χ4v) is 3.34. The normalized spacial score (nSPS) is 22.4. The van der Waals surface area contributed by atoms with Gasteiger partial charge in [-0.15, -0.1) is 5.10 Å². The molecule has 0 spiro atoms. The molecule has 1 fully saturated rings. The van der Waals surface area contributed by atoms with Crippen LogP contribution in [0.2, 0.25) is 5.02 Å². The average Bonchev–Trinajstić information content (AvgIpc) is 2.92. The Bertz CT molecular complexity index is 624. The van der Waals surface area contributed by atoms with E-state index in [1.54, 1.807) is 6.07 Å². The van der Waals surface area contributed by atoms with Crippen LogP contribution in [0.1, 0.15) is 32.6 Å². The van der Waals surface area contributed by atoms with Crippen LogP contribution in [0.25, 0.3) is 11.4 Å². The summed E-state index contributed by atoms with van der Waals surface area (Å²) in [6.45, 7) is 3.16. The predicted octanol–water partition coefficient (Wildman–Crippen LogP) is 3.40. The summed E-state index contributed by atoms with van der Waals surface area (Å²) in [5.74, 6) is 2.04. The third kappa shape index (κ3) is 2.88. The van der Waals surface area contributed by atoms with Crippen LogP contribution >= 0.6 is 11.6 Å². The van der Waals surface area contributed by atoms with Gasteiger partial charge in [0, 0.05) is 12.1 Å². The number of aromatic nitrogens is 4. The summed E-state index contributed by atoms with van der Waals surface area (Å²) in [7, 11) is 0. The van der Waals surface area contributed by atoms with Gasteiger partial charge in [-0.05, 0) is 40.8 Å². The number of tetrazole rings is 1. The third-order valence-corrected chi connectivity index (χ3v) is 4.92. The minimum Gasteiger partial charge on any atom is -0.398 e. The first-order valence-corrected chi connectivity index (χ1v) is 7.85. The number of hydrogen-bond acceptors (Lipinski definition) is 4. The molecule has 1 heterocycles. The minimum absolute atomic E-state index is 0.519. The van der Waals surface area contributed by atoms with Gasteiger partial charge in [-0.3, -0.25) is 0 Å². The van der Waals surface area contributed by atoms with Crippen molar-refractivity contribution in [3.8, 4) is 11.4 Å². The van der Waals surface area contributed by atoms with E-state index in [1.807, 2.05) is 16.8 Å². The second-order valence-corrected chi connectivity index (χ2v) is 6.29. The van der Waals surface area contributed by atoms with E-state index in [4.69, 9.17) is 17.3 Å². The zero-order chi connectivity index (χ0) is 14.8. The first-order chi connectivity index (χ1) is 10.2. The summed E-state index contributed by atoms with van der Waals surface area (Å²) in [4.78, 5) is 0. The van der Waals surface area contributed by atoms with Gasteiger partial charge in [-0.2, -0.15) is 0 Å². The Hall–Kier alpha value is -1.62. The van der Waals surface area contributed by atoms with Gasteiger partial charge in [-0.25, -0.2) is 4.68 Å². The number of benzene rings is 1. The van der Waals surface area contributed by atoms with Crippen molar-refractivity contribution in [1.82, 2.24) is 20.2 Å². The summed E-state index contributed by atoms with van der Waals surface area (Å²) in [6, 6.07) is 5.56. The number of halogens is 1. The Morgan fingerprint density at radius 2 is 2.14 bits per heavy atom. The zero-order valence-electron chi connectivity index (χ0n) is 12.2. The molecule has 21 heavy (non-hydrogen) atoms. The van der Waals surface area contributed by atoms with E-state index in [-0.39, 0.29) is 0 Å². The lowest BCUT2D eigenvalue weighted by Crippen LogP contribution is -2.23. The second-order valence-electron chi connectivity index (χ2n) is 5.92. The monoisotopic (exact) mass is 305 g/mol. The molecule has 0 bridgehead atoms. The average molecular weight is 306 g/mol. The quantitative estimate of drug-likeness (QED) is 0.882. The molecule has 5 nitrogen and oxygen atoms in total. The van der Waals surface area contributed by atoms with Crippen molar-refractivity contribution in [3.05, 3.63) is 23.2 Å². The van der Waals surface area contributed by atoms with Crippen molar-refractivity contribution in [1.29, 1.82) is 0 Å². The molecule has 2 atom stereocenters. The van der Waals surface area contributed by atoms with Crippen LogP contribution in [-0.2, 0) is 6.54 Å². The lowest BCUT2D eigenvalue weighted by atomic mass is 9.80. The summed E-state index contributed by atoms with van der Waals surface area (Å²) >= 11 is 6.29. The minimum atomic E-state index is 0.519. The van der Waals surface area contributed by atoms with Crippen molar-refractivity contribution >= 4 is 17.3 Å². The summed E-state index contributed by atoms with van der Waals surface area (Å²) < 4.78 is 1.87. The van der Waals surface area contributed by atoms with Crippen molar-refractivity contribution in [3.63, 3.8) is 0 Å². The second kappa shape index (κ2) is 6.02. The van der Waals surface area contributed by atoms with Crippen molar-refractivity contribution in [2.24, 2.45) is 11.8 Å². The molecule has 1 aliphatic rings. The molecule has 2 aromatic rings. The number of nitrogens with two attached hydrogens (primary N) is 1. The van der Waals surface area contributed by atoms with Crippen LogP contribution in [0.4, 0.5) is 5.69 Å². The molecule has 6 heteroatoms. The van der Waals surface area contributed by atoms with E-state index in [9.17, 15) is 0 Å². The smallest absolute Gasteiger partial charge is 0.183 e. The Morgan fingerprint density at radius 1 is 1.33 bits per heavy atom. The Morgan fingerprint density at radius 3 is 2.95 bits per heavy atom. The SMILES string of the molecule is CC1CCCCC1Cn1nnnc1-c1cccc(N)c1Cl. The Labute approximate surface area is 129 Å². The molecule has 1 saturated carbocycles. The summed E-state index contributed by atoms with van der Waals surface area (Å²) in [5, 5.41) is 12.6. The molecular formula is C15H20ClN5. The van der Waals surface area contributed by atoms with Crippen LogP contribution < -0.4 is 5.73 Å². The first-order valence-electron chi connectivity index (χ1n) is 7.47. The van der Waals surface area contributed by atoms with Gasteiger partial charge in [0.1, 0.15) is 0 Å². The molecule has 1 aliphatic carbocycles. The number of nitrogen functional groups attached to an aromatic ring is 1. The molecule has 1 aromatic carbocycles. The standard InChI is InChI=1S/C15H20ClN5/c1-10-5-2-3-6-11(10)9-21-15(18-19-20-21)12-7-4-8-13(17)14(12)16/h4,7-8,10-11H,2-3,5-6,9,17H2,1H3. The van der Waals surface area contributed by atoms with Crippen molar-refractivity contribution in [2.45, 2.75) is 39.2 Å². The van der Waals surface area contributed by atoms with Crippen LogP contribution in [0.5, 0.6) is 0 Å². The molecule has 2 unspecified atom stereocenters. The highest BCUT2D eigenvalue weighted by Gasteiger charge is 2.24. The molecule has 3 rings (SSSR count). The topological polar surface area (TPSA) is 69.6 Å². The largest absolute Gasteiger partial charge is 0.398 e. The van der Waals surface area contributed by atoms with Gasteiger partial charge < -0.3 is 5.73 Å². The van der Waals surface area contributed by atoms with E-state index in [2.05, 4.69) is 22.4 Å². The molecule has 2 N–H and O–H groups in total. The van der Waals surface area contributed by atoms with Gasteiger partial charge in [0.2, 0.25) is 0 Å². The maximum Gasteiger partial charge on any atom is 0.183 e. The van der Waals surface area contributed by atoms with E-state index in [1.165, 1.54) is 25.7 Å². The fraction of sp³-hybridized carbons (Fsp3) is 0.533. The number of rotatable bonds is 3. The van der Waals surface area contributed by atoms with Crippen LogP contribution in [0, 0.1) is 11.8 Å². The lowest BCUT2D eigenvalue weighted by molar-refractivity contribution is 0.221. The Balaban J connectivity index is 1.88. The van der Waals surface area contributed by atoms with Crippen LogP contribution in [-0.4, -0.2) is 20.2 Å². The highest BCUT2D eigenvalue weighted by atomic mass is 35.5. The molecule has 0 amide bonds. The molecule has 1 aromatic heterocycles. The van der Waals surface area contributed by atoms with Gasteiger partial charge in [-0.1, -0.05) is 43.9 Å². The maximum atomic E-state index is 6.29. The maximum absolute atomic E-state index is 6.29. The lowest BCUT2D eigenvalue weighted by Gasteiger charge is -2.28. The number of anilines is 1. The van der Waals surface area contributed by atoms with E-state index < -0.39 is 0 Å². The van der Waals surface area contributed by atoms with Gasteiger partial charge >= 0.3 is 0 Å². The van der Waals surface area contributed by atoms with Gasteiger partial charge in [0.25, 0.3) is 0 Å². The molecule has 112 valence electrons. The Kier molecular flexibility index (Phi) is 4.10. The van der Waals surface area contributed by atoms with Crippen LogP contribution in [0.3, 0.4) is 0 Å². The number of hydrogen-bond donors (Lipinski definition) is 1. The van der Waals surface area contributed by atoms with Gasteiger partial charge in [0.05, 0.1) is 10.7 Å². The first kappa shape index (κ1) is 14.3. The molecular weight excluding hydrogens is 286 g/mol. The van der Waals surface area contributed by atoms with Crippen molar-refractivity contribution < 1.29 is 0 Å². The van der Waals surface area contributed by atoms with Crippen molar-refractivity contribution in [2.75, 3.05) is 5.73 Å². The van der Waals surface area contributed by atoms with E-state index >= 15 is 0 Å². The molecule has 0 aliphatic heterocycles. The molecule has 0 saturated heterocycles.